The highest BCUT2D eigenvalue weighted by Crippen LogP contribution is 2.28. The summed E-state index contributed by atoms with van der Waals surface area (Å²) >= 11 is 1.49. The van der Waals surface area contributed by atoms with E-state index in [1.807, 2.05) is 32.0 Å². The van der Waals surface area contributed by atoms with Crippen LogP contribution >= 0.6 is 11.8 Å². The zero-order valence-electron chi connectivity index (χ0n) is 17.0. The number of Topliss-reactive ketones (excluding diaryl/α,β-unsaturated/α-hetero) is 1. The van der Waals surface area contributed by atoms with Gasteiger partial charge in [0.1, 0.15) is 6.42 Å². The van der Waals surface area contributed by atoms with E-state index in [-0.39, 0.29) is 23.7 Å². The lowest BCUT2D eigenvalue weighted by Crippen LogP contribution is -2.23. The van der Waals surface area contributed by atoms with Crippen molar-refractivity contribution in [1.29, 1.82) is 0 Å². The van der Waals surface area contributed by atoms with Crippen LogP contribution < -0.4 is 0 Å². The van der Waals surface area contributed by atoms with Gasteiger partial charge in [-0.05, 0) is 50.7 Å². The van der Waals surface area contributed by atoms with Crippen LogP contribution in [0.25, 0.3) is 0 Å². The number of carbonyl (C=O) groups excluding carboxylic acids is 2. The van der Waals surface area contributed by atoms with Crippen LogP contribution in [0.15, 0.2) is 29.2 Å². The topological polar surface area (TPSA) is 61.8 Å². The second-order valence-electron chi connectivity index (χ2n) is 7.00. The Hall–Kier alpha value is -1.37. The average Bonchev–Trinajstić information content (AvgIpc) is 2.70. The van der Waals surface area contributed by atoms with Crippen LogP contribution in [0.3, 0.4) is 0 Å². The van der Waals surface area contributed by atoms with Gasteiger partial charge in [-0.2, -0.15) is 0 Å². The second-order valence-corrected chi connectivity index (χ2v) is 8.38. The summed E-state index contributed by atoms with van der Waals surface area (Å²) in [4.78, 5) is 25.2. The van der Waals surface area contributed by atoms with Crippen LogP contribution in [0.5, 0.6) is 0 Å². The molecule has 0 aliphatic carbocycles. The van der Waals surface area contributed by atoms with Crippen LogP contribution in [-0.2, 0) is 30.2 Å². The molecule has 0 radical (unpaired) electrons. The summed E-state index contributed by atoms with van der Waals surface area (Å²) in [7, 11) is 0. The van der Waals surface area contributed by atoms with Gasteiger partial charge in [0.15, 0.2) is 12.1 Å². The van der Waals surface area contributed by atoms with Gasteiger partial charge in [0.25, 0.3) is 0 Å². The molecule has 0 bridgehead atoms. The maximum Gasteiger partial charge on any atom is 0.313 e. The number of thioether (sulfide) groups is 1. The Morgan fingerprint density at radius 3 is 2.82 bits per heavy atom. The maximum atomic E-state index is 12.4. The molecule has 2 unspecified atom stereocenters. The summed E-state index contributed by atoms with van der Waals surface area (Å²) in [5.74, 6) is -0.534. The van der Waals surface area contributed by atoms with E-state index < -0.39 is 5.97 Å². The van der Waals surface area contributed by atoms with Crippen molar-refractivity contribution in [3.63, 3.8) is 0 Å². The van der Waals surface area contributed by atoms with Gasteiger partial charge in [-0.3, -0.25) is 9.59 Å². The van der Waals surface area contributed by atoms with E-state index in [1.165, 1.54) is 11.8 Å². The molecule has 1 aromatic rings. The Labute approximate surface area is 172 Å². The molecule has 0 amide bonds. The van der Waals surface area contributed by atoms with Crippen LogP contribution in [0, 0.1) is 0 Å². The summed E-state index contributed by atoms with van der Waals surface area (Å²) < 4.78 is 16.5. The Bertz CT molecular complexity index is 613. The lowest BCUT2D eigenvalue weighted by atomic mass is 10.1. The fraction of sp³-hybridized carbons (Fsp3) is 0.636. The molecule has 0 saturated carbocycles. The molecule has 2 rings (SSSR count). The van der Waals surface area contributed by atoms with E-state index in [0.717, 1.165) is 55.6 Å². The molecule has 1 aliphatic rings. The first-order chi connectivity index (χ1) is 13.6. The Morgan fingerprint density at radius 1 is 1.25 bits per heavy atom. The Kier molecular flexibility index (Phi) is 10.6. The summed E-state index contributed by atoms with van der Waals surface area (Å²) in [5, 5.41) is -0.303. The van der Waals surface area contributed by atoms with Crippen LogP contribution in [-0.4, -0.2) is 43.1 Å². The van der Waals surface area contributed by atoms with E-state index in [4.69, 9.17) is 14.2 Å². The third-order valence-electron chi connectivity index (χ3n) is 4.62. The monoisotopic (exact) mass is 408 g/mol. The van der Waals surface area contributed by atoms with Crippen molar-refractivity contribution in [2.45, 2.75) is 75.2 Å². The van der Waals surface area contributed by atoms with Gasteiger partial charge in [0.05, 0.1) is 18.5 Å². The summed E-state index contributed by atoms with van der Waals surface area (Å²) in [5.41, 5.74) is 1.15. The molecule has 2 atom stereocenters. The highest BCUT2D eigenvalue weighted by atomic mass is 32.2. The van der Waals surface area contributed by atoms with Gasteiger partial charge in [0.2, 0.25) is 0 Å². The lowest BCUT2D eigenvalue weighted by molar-refractivity contribution is -0.161. The highest BCUT2D eigenvalue weighted by Gasteiger charge is 2.20. The minimum absolute atomic E-state index is 0.0900. The lowest BCUT2D eigenvalue weighted by Gasteiger charge is -2.23. The molecule has 0 aromatic heterocycles. The number of ketones is 1. The van der Waals surface area contributed by atoms with E-state index in [0.29, 0.717) is 13.2 Å². The largest absolute Gasteiger partial charge is 0.465 e. The number of hydrogen-bond acceptors (Lipinski definition) is 6. The van der Waals surface area contributed by atoms with Crippen LogP contribution in [0.4, 0.5) is 0 Å². The van der Waals surface area contributed by atoms with Gasteiger partial charge in [-0.1, -0.05) is 31.5 Å². The number of rotatable bonds is 12. The van der Waals surface area contributed by atoms with Gasteiger partial charge in [-0.25, -0.2) is 0 Å². The van der Waals surface area contributed by atoms with E-state index in [2.05, 4.69) is 6.07 Å². The highest BCUT2D eigenvalue weighted by molar-refractivity contribution is 8.00. The number of benzene rings is 1. The smallest absolute Gasteiger partial charge is 0.313 e. The number of hydrogen-bond donors (Lipinski definition) is 0. The van der Waals surface area contributed by atoms with Gasteiger partial charge >= 0.3 is 5.97 Å². The summed E-state index contributed by atoms with van der Waals surface area (Å²) in [6.07, 6.45) is 5.51. The van der Waals surface area contributed by atoms with Crippen LogP contribution in [0.2, 0.25) is 0 Å². The molecular weight excluding hydrogens is 376 g/mol. The van der Waals surface area contributed by atoms with Crippen LogP contribution in [0.1, 0.15) is 57.9 Å². The normalized spacial score (nSPS) is 17.9. The fourth-order valence-electron chi connectivity index (χ4n) is 2.89. The molecule has 156 valence electrons. The number of carbonyl (C=O) groups is 2. The zero-order chi connectivity index (χ0) is 20.2. The predicted molar refractivity (Wildman–Crippen MR) is 110 cm³/mol. The zero-order valence-corrected chi connectivity index (χ0v) is 17.8. The molecule has 1 aromatic carbocycles. The third kappa shape index (κ3) is 8.33. The van der Waals surface area contributed by atoms with E-state index in [9.17, 15) is 9.59 Å². The minimum Gasteiger partial charge on any atom is -0.465 e. The molecule has 5 nitrogen and oxygen atoms in total. The third-order valence-corrected chi connectivity index (χ3v) is 5.89. The number of unbranched alkanes of at least 4 members (excludes halogenated alkanes) is 1. The van der Waals surface area contributed by atoms with Crippen molar-refractivity contribution >= 4 is 23.5 Å². The first-order valence-electron chi connectivity index (χ1n) is 10.3. The van der Waals surface area contributed by atoms with Crippen molar-refractivity contribution in [2.75, 3.05) is 19.8 Å². The van der Waals surface area contributed by atoms with E-state index >= 15 is 0 Å². The Balaban J connectivity index is 1.80. The van der Waals surface area contributed by atoms with Gasteiger partial charge < -0.3 is 14.2 Å². The quantitative estimate of drug-likeness (QED) is 0.219. The van der Waals surface area contributed by atoms with Gasteiger partial charge in [0, 0.05) is 11.5 Å². The summed E-state index contributed by atoms with van der Waals surface area (Å²) in [6.45, 7) is 5.63. The maximum absolute atomic E-state index is 12.4. The first-order valence-corrected chi connectivity index (χ1v) is 11.1. The van der Waals surface area contributed by atoms with Crippen molar-refractivity contribution in [3.8, 4) is 0 Å². The molecular formula is C22H32O5S. The van der Waals surface area contributed by atoms with Crippen molar-refractivity contribution in [3.05, 3.63) is 29.8 Å². The molecule has 1 fully saturated rings. The van der Waals surface area contributed by atoms with Crippen molar-refractivity contribution in [1.82, 2.24) is 0 Å². The molecule has 1 aliphatic heterocycles. The van der Waals surface area contributed by atoms with Crippen molar-refractivity contribution in [2.24, 2.45) is 0 Å². The molecule has 0 N–H and O–H groups in total. The number of ether oxygens (including phenoxy) is 3. The molecule has 0 spiro atoms. The molecule has 6 heteroatoms. The number of esters is 1. The molecule has 28 heavy (non-hydrogen) atoms. The first kappa shape index (κ1) is 22.9. The Morgan fingerprint density at radius 2 is 2.07 bits per heavy atom. The van der Waals surface area contributed by atoms with Crippen molar-refractivity contribution < 1.29 is 23.8 Å². The molecule has 1 saturated heterocycles. The predicted octanol–water partition coefficient (Wildman–Crippen LogP) is 4.56. The fourth-order valence-corrected chi connectivity index (χ4v) is 3.97. The second kappa shape index (κ2) is 13.0. The summed E-state index contributed by atoms with van der Waals surface area (Å²) in [6, 6.07) is 8.03. The van der Waals surface area contributed by atoms with E-state index in [1.54, 1.807) is 0 Å². The SMILES string of the molecule is CCCCOC(=O)CC(=O)C(C)Sc1ccccc1CCOC1CCCCO1. The minimum atomic E-state index is -0.430. The average molecular weight is 409 g/mol. The standard InChI is InChI=1S/C22H32O5S/c1-3-4-13-25-21(24)16-19(23)17(2)28-20-10-6-5-9-18(20)12-15-27-22-11-7-8-14-26-22/h5-6,9-10,17,22H,3-4,7-8,11-16H2,1-2H3. The molecule has 1 heterocycles. The van der Waals surface area contributed by atoms with Gasteiger partial charge in [-0.15, -0.1) is 11.8 Å².